The molecular weight excluding hydrogens is 436 g/mol. The van der Waals surface area contributed by atoms with Crippen LogP contribution in [0.2, 0.25) is 0 Å². The number of imidazole rings is 1. The average molecular weight is 453 g/mol. The molecule has 8 heteroatoms. The lowest BCUT2D eigenvalue weighted by Gasteiger charge is -2.10. The summed E-state index contributed by atoms with van der Waals surface area (Å²) >= 11 is 3.33. The summed E-state index contributed by atoms with van der Waals surface area (Å²) in [7, 11) is 1.56. The Bertz CT molecular complexity index is 1320. The van der Waals surface area contributed by atoms with Gasteiger partial charge in [-0.15, -0.1) is 0 Å². The average Bonchev–Trinajstić information content (AvgIpc) is 3.07. The van der Waals surface area contributed by atoms with Crippen molar-refractivity contribution < 1.29 is 4.79 Å². The molecule has 0 unspecified atom stereocenters. The van der Waals surface area contributed by atoms with Gasteiger partial charge in [-0.25, -0.2) is 9.78 Å². The van der Waals surface area contributed by atoms with E-state index in [1.54, 1.807) is 31.3 Å². The fourth-order valence-electron chi connectivity index (χ4n) is 3.25. The highest BCUT2D eigenvalue weighted by atomic mass is 79.9. The predicted molar refractivity (Wildman–Crippen MR) is 113 cm³/mol. The van der Waals surface area contributed by atoms with Gasteiger partial charge in [0.1, 0.15) is 0 Å². The lowest BCUT2D eigenvalue weighted by atomic mass is 10.1. The van der Waals surface area contributed by atoms with Gasteiger partial charge >= 0.3 is 5.69 Å². The van der Waals surface area contributed by atoms with E-state index >= 15 is 0 Å². The molecule has 0 atom stereocenters. The molecule has 0 saturated heterocycles. The molecule has 0 aliphatic rings. The highest BCUT2D eigenvalue weighted by Gasteiger charge is 2.21. The van der Waals surface area contributed by atoms with Gasteiger partial charge in [0.25, 0.3) is 5.56 Å². The van der Waals surface area contributed by atoms with Crippen LogP contribution in [0.15, 0.2) is 75.0 Å². The number of aryl methyl sites for hydroxylation is 1. The number of carbonyl (C=O) groups excluding carboxylic acids is 1. The maximum Gasteiger partial charge on any atom is 0.332 e. The molecule has 7 nitrogen and oxygen atoms in total. The van der Waals surface area contributed by atoms with Gasteiger partial charge in [0.15, 0.2) is 21.7 Å². The molecule has 2 aromatic carbocycles. The highest BCUT2D eigenvalue weighted by Crippen LogP contribution is 2.17. The molecule has 0 fully saturated rings. The smallest absolute Gasteiger partial charge is 0.305 e. The van der Waals surface area contributed by atoms with Gasteiger partial charge in [-0.2, -0.15) is 0 Å². The number of benzene rings is 2. The minimum Gasteiger partial charge on any atom is -0.305 e. The van der Waals surface area contributed by atoms with Crippen LogP contribution in [0.5, 0.6) is 0 Å². The van der Waals surface area contributed by atoms with Crippen molar-refractivity contribution in [1.82, 2.24) is 18.7 Å². The molecule has 146 valence electrons. The number of hydrogen-bond donors (Lipinski definition) is 0. The summed E-state index contributed by atoms with van der Waals surface area (Å²) in [6, 6.07) is 18.1. The van der Waals surface area contributed by atoms with Gasteiger partial charge in [-0.1, -0.05) is 60.7 Å². The second kappa shape index (κ2) is 7.63. The third-order valence-corrected chi connectivity index (χ3v) is 5.37. The molecule has 29 heavy (non-hydrogen) atoms. The molecule has 2 heterocycles. The quantitative estimate of drug-likeness (QED) is 0.344. The Balaban J connectivity index is 1.86. The Hall–Kier alpha value is -3.26. The summed E-state index contributed by atoms with van der Waals surface area (Å²) in [5.41, 5.74) is 0.868. The second-order valence-electron chi connectivity index (χ2n) is 6.65. The van der Waals surface area contributed by atoms with Gasteiger partial charge in [-0.05, 0) is 21.5 Å². The number of ketones is 1. The van der Waals surface area contributed by atoms with Crippen LogP contribution in [0, 0.1) is 0 Å². The Morgan fingerprint density at radius 3 is 2.24 bits per heavy atom. The van der Waals surface area contributed by atoms with Crippen molar-refractivity contribution in [3.63, 3.8) is 0 Å². The summed E-state index contributed by atoms with van der Waals surface area (Å²) in [6.07, 6.45) is 0. The van der Waals surface area contributed by atoms with Crippen LogP contribution in [-0.2, 0) is 20.1 Å². The van der Waals surface area contributed by atoms with Crippen LogP contribution in [0.1, 0.15) is 15.9 Å². The van der Waals surface area contributed by atoms with E-state index in [1.165, 1.54) is 9.13 Å². The van der Waals surface area contributed by atoms with E-state index in [2.05, 4.69) is 20.9 Å². The zero-order chi connectivity index (χ0) is 20.5. The van der Waals surface area contributed by atoms with E-state index in [9.17, 15) is 14.4 Å². The van der Waals surface area contributed by atoms with Crippen LogP contribution < -0.4 is 11.2 Å². The monoisotopic (exact) mass is 452 g/mol. The zero-order valence-electron chi connectivity index (χ0n) is 15.6. The molecule has 0 aliphatic heterocycles. The first-order valence-electron chi connectivity index (χ1n) is 8.95. The van der Waals surface area contributed by atoms with Gasteiger partial charge < -0.3 is 4.57 Å². The topological polar surface area (TPSA) is 78.9 Å². The molecule has 0 radical (unpaired) electrons. The predicted octanol–water partition coefficient (Wildman–Crippen LogP) is 2.59. The number of hydrogen-bond acceptors (Lipinski definition) is 4. The van der Waals surface area contributed by atoms with Crippen LogP contribution in [0.4, 0.5) is 0 Å². The van der Waals surface area contributed by atoms with E-state index in [-0.39, 0.29) is 30.0 Å². The van der Waals surface area contributed by atoms with Crippen molar-refractivity contribution in [3.8, 4) is 0 Å². The minimum absolute atomic E-state index is 0.0696. The van der Waals surface area contributed by atoms with Crippen molar-refractivity contribution in [2.24, 2.45) is 7.05 Å². The Morgan fingerprint density at radius 1 is 0.966 bits per heavy atom. The number of nitrogens with zero attached hydrogens (tertiary/aromatic N) is 4. The summed E-state index contributed by atoms with van der Waals surface area (Å²) in [4.78, 5) is 43.0. The largest absolute Gasteiger partial charge is 0.332 e. The lowest BCUT2D eigenvalue weighted by molar-refractivity contribution is 0.0972. The Kier molecular flexibility index (Phi) is 5.02. The first-order chi connectivity index (χ1) is 14.0. The molecule has 4 aromatic rings. The normalized spacial score (nSPS) is 11.1. The number of aromatic nitrogens is 4. The molecule has 0 spiro atoms. The number of Topliss-reactive ketones (excluding diaryl/α,β-unsaturated/α-hetero) is 1. The summed E-state index contributed by atoms with van der Waals surface area (Å²) in [5, 5.41) is 0. The van der Waals surface area contributed by atoms with Crippen molar-refractivity contribution in [1.29, 1.82) is 0 Å². The molecular formula is C21H17BrN4O3. The lowest BCUT2D eigenvalue weighted by Crippen LogP contribution is -2.40. The van der Waals surface area contributed by atoms with E-state index in [0.717, 1.165) is 10.1 Å². The maximum atomic E-state index is 13.2. The molecule has 0 bridgehead atoms. The van der Waals surface area contributed by atoms with Gasteiger partial charge in [-0.3, -0.25) is 18.7 Å². The maximum absolute atomic E-state index is 13.2. The standard InChI is InChI=1S/C21H17BrN4O3/c1-24-18-17(19(28)26(21(24)29)12-14-8-4-2-5-9-14)25(20(22)23-18)13-16(27)15-10-6-3-7-11-15/h2-11H,12-13H2,1H3. The van der Waals surface area contributed by atoms with Gasteiger partial charge in [0, 0.05) is 12.6 Å². The third kappa shape index (κ3) is 3.47. The molecule has 0 amide bonds. The molecule has 0 saturated carbocycles. The van der Waals surface area contributed by atoms with Crippen molar-refractivity contribution in [2.45, 2.75) is 13.1 Å². The van der Waals surface area contributed by atoms with Crippen LogP contribution >= 0.6 is 15.9 Å². The van der Waals surface area contributed by atoms with Crippen LogP contribution in [0.3, 0.4) is 0 Å². The summed E-state index contributed by atoms with van der Waals surface area (Å²) < 4.78 is 4.32. The van der Waals surface area contributed by atoms with Crippen molar-refractivity contribution >= 4 is 32.9 Å². The number of rotatable bonds is 5. The number of fused-ring (bicyclic) bond motifs is 1. The van der Waals surface area contributed by atoms with Crippen molar-refractivity contribution in [3.05, 3.63) is 97.4 Å². The molecule has 4 rings (SSSR count). The van der Waals surface area contributed by atoms with Crippen LogP contribution in [-0.4, -0.2) is 24.5 Å². The number of halogens is 1. The highest BCUT2D eigenvalue weighted by molar-refractivity contribution is 9.10. The van der Waals surface area contributed by atoms with Gasteiger partial charge in [0.05, 0.1) is 13.1 Å². The summed E-state index contributed by atoms with van der Waals surface area (Å²) in [6.45, 7) is 0.0671. The van der Waals surface area contributed by atoms with E-state index in [0.29, 0.717) is 10.3 Å². The second-order valence-corrected chi connectivity index (χ2v) is 7.36. The third-order valence-electron chi connectivity index (χ3n) is 4.77. The first-order valence-corrected chi connectivity index (χ1v) is 9.74. The van der Waals surface area contributed by atoms with E-state index in [1.807, 2.05) is 36.4 Å². The fourth-order valence-corrected chi connectivity index (χ4v) is 3.72. The Labute approximate surface area is 174 Å². The van der Waals surface area contributed by atoms with Crippen molar-refractivity contribution in [2.75, 3.05) is 0 Å². The van der Waals surface area contributed by atoms with E-state index < -0.39 is 11.2 Å². The molecule has 2 aromatic heterocycles. The van der Waals surface area contributed by atoms with E-state index in [4.69, 9.17) is 0 Å². The molecule has 0 N–H and O–H groups in total. The fraction of sp³-hybridized carbons (Fsp3) is 0.143. The SMILES string of the molecule is Cn1c(=O)n(Cc2ccccc2)c(=O)c2c1nc(Br)n2CC(=O)c1ccccc1. The van der Waals surface area contributed by atoms with Gasteiger partial charge in [0.2, 0.25) is 0 Å². The first kappa shape index (κ1) is 19.1. The minimum atomic E-state index is -0.481. The number of carbonyl (C=O) groups is 1. The molecule has 0 aliphatic carbocycles. The van der Waals surface area contributed by atoms with Crippen LogP contribution in [0.25, 0.3) is 11.2 Å². The zero-order valence-corrected chi connectivity index (χ0v) is 17.2. The Morgan fingerprint density at radius 2 is 1.59 bits per heavy atom. The summed E-state index contributed by atoms with van der Waals surface area (Å²) in [5.74, 6) is -0.159.